The molecule has 0 spiro atoms. The van der Waals surface area contributed by atoms with Gasteiger partial charge in [0.25, 0.3) is 0 Å². The van der Waals surface area contributed by atoms with Crippen molar-refractivity contribution < 1.29 is 15.0 Å². The van der Waals surface area contributed by atoms with E-state index in [0.29, 0.717) is 18.0 Å². The molecule has 0 saturated carbocycles. The average Bonchev–Trinajstić information content (AvgIpc) is 2.86. The number of aliphatic hydroxyl groups excluding tert-OH is 2. The standard InChI is InChI=1S/C13H17ClN4O3/c14-8-1-2-10-11(5-8)18-12(17-10)3-4-15-13(21)16-6-9(20)7-19/h1-2,5,9,19-20H,3-4,6-7H2,(H,17,18)(H2,15,16,21)/t9-/m1/s1. The summed E-state index contributed by atoms with van der Waals surface area (Å²) in [7, 11) is 0. The van der Waals surface area contributed by atoms with Gasteiger partial charge in [-0.1, -0.05) is 11.6 Å². The molecule has 21 heavy (non-hydrogen) atoms. The molecule has 0 unspecified atom stereocenters. The third kappa shape index (κ3) is 4.59. The summed E-state index contributed by atoms with van der Waals surface area (Å²) in [6.45, 7) is 0.0158. The smallest absolute Gasteiger partial charge is 0.314 e. The maximum Gasteiger partial charge on any atom is 0.314 e. The van der Waals surface area contributed by atoms with Crippen molar-refractivity contribution in [2.45, 2.75) is 12.5 Å². The molecule has 2 amide bonds. The van der Waals surface area contributed by atoms with Crippen LogP contribution in [0, 0.1) is 0 Å². The number of hydrogen-bond acceptors (Lipinski definition) is 4. The van der Waals surface area contributed by atoms with Gasteiger partial charge in [0.1, 0.15) is 5.82 Å². The first-order valence-electron chi connectivity index (χ1n) is 6.53. The Labute approximate surface area is 126 Å². The van der Waals surface area contributed by atoms with E-state index in [9.17, 15) is 4.79 Å². The van der Waals surface area contributed by atoms with Crippen molar-refractivity contribution in [1.82, 2.24) is 20.6 Å². The number of aromatic nitrogens is 2. The maximum atomic E-state index is 11.4. The molecule has 1 aromatic heterocycles. The number of nitrogens with zero attached hydrogens (tertiary/aromatic N) is 1. The zero-order valence-corrected chi connectivity index (χ0v) is 12.0. The molecule has 0 aliphatic carbocycles. The molecule has 1 aromatic carbocycles. The van der Waals surface area contributed by atoms with Crippen LogP contribution >= 0.6 is 11.6 Å². The van der Waals surface area contributed by atoms with E-state index in [4.69, 9.17) is 21.8 Å². The molecule has 0 bridgehead atoms. The van der Waals surface area contributed by atoms with Crippen LogP contribution in [0.15, 0.2) is 18.2 Å². The van der Waals surface area contributed by atoms with E-state index in [0.717, 1.165) is 16.9 Å². The van der Waals surface area contributed by atoms with Gasteiger partial charge in [-0.2, -0.15) is 0 Å². The van der Waals surface area contributed by atoms with Crippen molar-refractivity contribution in [1.29, 1.82) is 0 Å². The van der Waals surface area contributed by atoms with Crippen molar-refractivity contribution >= 4 is 28.7 Å². The van der Waals surface area contributed by atoms with Crippen molar-refractivity contribution in [3.05, 3.63) is 29.0 Å². The first kappa shape index (κ1) is 15.6. The third-order valence-electron chi connectivity index (χ3n) is 2.85. The number of H-pyrrole nitrogens is 1. The Morgan fingerprint density at radius 2 is 2.24 bits per heavy atom. The Morgan fingerprint density at radius 1 is 1.43 bits per heavy atom. The molecule has 0 fully saturated rings. The molecular formula is C13H17ClN4O3. The maximum absolute atomic E-state index is 11.4. The Morgan fingerprint density at radius 3 is 3.00 bits per heavy atom. The van der Waals surface area contributed by atoms with Crippen LogP contribution in [0.5, 0.6) is 0 Å². The molecule has 7 nitrogen and oxygen atoms in total. The number of carbonyl (C=O) groups excluding carboxylic acids is 1. The molecule has 114 valence electrons. The Kier molecular flexibility index (Phi) is 5.38. The lowest BCUT2D eigenvalue weighted by Crippen LogP contribution is -2.41. The van der Waals surface area contributed by atoms with E-state index < -0.39 is 12.1 Å². The fourth-order valence-corrected chi connectivity index (χ4v) is 1.96. The van der Waals surface area contributed by atoms with Gasteiger partial charge in [0.2, 0.25) is 0 Å². The van der Waals surface area contributed by atoms with Gasteiger partial charge in [-0.25, -0.2) is 9.78 Å². The summed E-state index contributed by atoms with van der Waals surface area (Å²) < 4.78 is 0. The number of hydrogen-bond donors (Lipinski definition) is 5. The van der Waals surface area contributed by atoms with Crippen LogP contribution in [-0.2, 0) is 6.42 Å². The number of nitrogens with one attached hydrogen (secondary N) is 3. The molecule has 2 aromatic rings. The van der Waals surface area contributed by atoms with Gasteiger partial charge in [0, 0.05) is 24.5 Å². The molecule has 0 aliphatic heterocycles. The minimum atomic E-state index is -0.948. The first-order chi connectivity index (χ1) is 10.1. The predicted octanol–water partition coefficient (Wildman–Crippen LogP) is 0.411. The highest BCUT2D eigenvalue weighted by Gasteiger charge is 2.06. The lowest BCUT2D eigenvalue weighted by Gasteiger charge is -2.09. The van der Waals surface area contributed by atoms with Gasteiger partial charge in [0.05, 0.1) is 23.7 Å². The molecule has 0 saturated heterocycles. The predicted molar refractivity (Wildman–Crippen MR) is 79.3 cm³/mol. The van der Waals surface area contributed by atoms with Crippen LogP contribution in [0.4, 0.5) is 4.79 Å². The van der Waals surface area contributed by atoms with E-state index >= 15 is 0 Å². The zero-order chi connectivity index (χ0) is 15.2. The second kappa shape index (κ2) is 7.26. The normalized spacial score (nSPS) is 12.3. The van der Waals surface area contributed by atoms with Crippen LogP contribution in [-0.4, -0.2) is 52.0 Å². The summed E-state index contributed by atoms with van der Waals surface area (Å²) in [6.07, 6.45) is -0.404. The number of benzene rings is 1. The molecular weight excluding hydrogens is 296 g/mol. The third-order valence-corrected chi connectivity index (χ3v) is 3.08. The number of aromatic amines is 1. The number of imidazole rings is 1. The second-order valence-electron chi connectivity index (χ2n) is 4.57. The topological polar surface area (TPSA) is 110 Å². The van der Waals surface area contributed by atoms with E-state index in [1.807, 2.05) is 6.07 Å². The molecule has 8 heteroatoms. The highest BCUT2D eigenvalue weighted by Crippen LogP contribution is 2.17. The molecule has 2 rings (SSSR count). The Bertz CT molecular complexity index is 616. The van der Waals surface area contributed by atoms with Crippen LogP contribution in [0.25, 0.3) is 11.0 Å². The molecule has 0 radical (unpaired) electrons. The average molecular weight is 313 g/mol. The SMILES string of the molecule is O=C(NCCc1nc2ccc(Cl)cc2[nH]1)NC[C@@H](O)CO. The highest BCUT2D eigenvalue weighted by molar-refractivity contribution is 6.31. The van der Waals surface area contributed by atoms with E-state index in [2.05, 4.69) is 20.6 Å². The van der Waals surface area contributed by atoms with Crippen molar-refractivity contribution in [2.75, 3.05) is 19.7 Å². The van der Waals surface area contributed by atoms with Gasteiger partial charge < -0.3 is 25.8 Å². The lowest BCUT2D eigenvalue weighted by molar-refractivity contribution is 0.0959. The van der Waals surface area contributed by atoms with Crippen LogP contribution in [0.2, 0.25) is 5.02 Å². The van der Waals surface area contributed by atoms with Gasteiger partial charge in [-0.15, -0.1) is 0 Å². The summed E-state index contributed by atoms with van der Waals surface area (Å²) in [6, 6.07) is 4.99. The summed E-state index contributed by atoms with van der Waals surface area (Å²) in [5, 5.41) is 23.4. The van der Waals surface area contributed by atoms with Crippen molar-refractivity contribution in [2.24, 2.45) is 0 Å². The van der Waals surface area contributed by atoms with E-state index in [-0.39, 0.29) is 13.2 Å². The number of amides is 2. The largest absolute Gasteiger partial charge is 0.394 e. The van der Waals surface area contributed by atoms with E-state index in [1.165, 1.54) is 0 Å². The lowest BCUT2D eigenvalue weighted by atomic mass is 10.3. The fourth-order valence-electron chi connectivity index (χ4n) is 1.79. The van der Waals surface area contributed by atoms with Crippen molar-refractivity contribution in [3.63, 3.8) is 0 Å². The summed E-state index contributed by atoms with van der Waals surface area (Å²) in [5.41, 5.74) is 1.68. The number of carbonyl (C=O) groups is 1. The van der Waals surface area contributed by atoms with Gasteiger partial charge >= 0.3 is 6.03 Å². The monoisotopic (exact) mass is 312 g/mol. The zero-order valence-electron chi connectivity index (χ0n) is 11.3. The number of urea groups is 1. The molecule has 0 aliphatic rings. The molecule has 5 N–H and O–H groups in total. The quantitative estimate of drug-likeness (QED) is 0.532. The second-order valence-corrected chi connectivity index (χ2v) is 5.00. The fraction of sp³-hybridized carbons (Fsp3) is 0.385. The first-order valence-corrected chi connectivity index (χ1v) is 6.91. The number of rotatable bonds is 6. The highest BCUT2D eigenvalue weighted by atomic mass is 35.5. The number of halogens is 1. The van der Waals surface area contributed by atoms with E-state index in [1.54, 1.807) is 12.1 Å². The summed E-state index contributed by atoms with van der Waals surface area (Å²) in [4.78, 5) is 18.9. The van der Waals surface area contributed by atoms with Crippen molar-refractivity contribution in [3.8, 4) is 0 Å². The number of aliphatic hydroxyl groups is 2. The van der Waals surface area contributed by atoms with Crippen LogP contribution < -0.4 is 10.6 Å². The number of fused-ring (bicyclic) bond motifs is 1. The minimum absolute atomic E-state index is 0.00543. The summed E-state index contributed by atoms with van der Waals surface area (Å²) >= 11 is 5.89. The van der Waals surface area contributed by atoms with Crippen LogP contribution in [0.1, 0.15) is 5.82 Å². The molecule has 1 heterocycles. The minimum Gasteiger partial charge on any atom is -0.394 e. The Hall–Kier alpha value is -1.83. The molecule has 1 atom stereocenters. The summed E-state index contributed by atoms with van der Waals surface area (Å²) in [5.74, 6) is 0.753. The van der Waals surface area contributed by atoms with Crippen LogP contribution in [0.3, 0.4) is 0 Å². The van der Waals surface area contributed by atoms with Gasteiger partial charge in [-0.3, -0.25) is 0 Å². The van der Waals surface area contributed by atoms with Gasteiger partial charge in [-0.05, 0) is 18.2 Å². The Balaban J connectivity index is 1.78. The van der Waals surface area contributed by atoms with Gasteiger partial charge in [0.15, 0.2) is 0 Å².